The van der Waals surface area contributed by atoms with Crippen molar-refractivity contribution in [1.82, 2.24) is 4.90 Å². The highest BCUT2D eigenvalue weighted by Crippen LogP contribution is 2.28. The minimum atomic E-state index is 0.781. The Morgan fingerprint density at radius 3 is 2.36 bits per heavy atom. The van der Waals surface area contributed by atoms with E-state index in [1.54, 1.807) is 0 Å². The van der Waals surface area contributed by atoms with E-state index in [4.69, 9.17) is 0 Å². The fourth-order valence-corrected chi connectivity index (χ4v) is 2.92. The van der Waals surface area contributed by atoms with Gasteiger partial charge >= 0.3 is 0 Å². The Kier molecular flexibility index (Phi) is 2.52. The van der Waals surface area contributed by atoms with Gasteiger partial charge in [-0.05, 0) is 25.8 Å². The summed E-state index contributed by atoms with van der Waals surface area (Å²) in [5.74, 6) is 0. The summed E-state index contributed by atoms with van der Waals surface area (Å²) in [4.78, 5) is 3.45. The Hall–Kier alpha value is 0.440. The first-order valence-electron chi connectivity index (χ1n) is 4.74. The summed E-state index contributed by atoms with van der Waals surface area (Å²) in [6, 6.07) is 0.942. The van der Waals surface area contributed by atoms with Gasteiger partial charge in [0.2, 0.25) is 0 Å². The van der Waals surface area contributed by atoms with E-state index in [1.165, 1.54) is 45.2 Å². The number of rotatable bonds is 1. The molecule has 1 aliphatic heterocycles. The van der Waals surface area contributed by atoms with E-state index >= 15 is 0 Å². The van der Waals surface area contributed by atoms with Gasteiger partial charge in [0, 0.05) is 17.4 Å². The number of hydrogen-bond acceptors (Lipinski definition) is 1. The van der Waals surface area contributed by atoms with E-state index in [2.05, 4.69) is 20.8 Å². The van der Waals surface area contributed by atoms with Crippen molar-refractivity contribution in [3.8, 4) is 0 Å². The van der Waals surface area contributed by atoms with Crippen molar-refractivity contribution in [3.63, 3.8) is 0 Å². The van der Waals surface area contributed by atoms with Crippen molar-refractivity contribution in [3.05, 3.63) is 0 Å². The smallest absolute Gasteiger partial charge is 0.0285 e. The summed E-state index contributed by atoms with van der Waals surface area (Å²) < 4.78 is 0. The molecule has 2 heteroatoms. The van der Waals surface area contributed by atoms with Crippen molar-refractivity contribution in [2.75, 3.05) is 13.1 Å². The summed E-state index contributed by atoms with van der Waals surface area (Å²) in [6.45, 7) is 2.63. The lowest BCUT2D eigenvalue weighted by Gasteiger charge is -2.22. The highest BCUT2D eigenvalue weighted by molar-refractivity contribution is 9.09. The standard InChI is InChI=1S/C9H16BrN/c10-8-5-6-11(7-8)9-3-1-2-4-9/h8-9H,1-7H2. The molecule has 2 aliphatic rings. The predicted octanol–water partition coefficient (Wildman–Crippen LogP) is 2.40. The van der Waals surface area contributed by atoms with Crippen LogP contribution < -0.4 is 0 Å². The zero-order valence-electron chi connectivity index (χ0n) is 6.93. The number of halogens is 1. The molecule has 1 unspecified atom stereocenters. The Morgan fingerprint density at radius 2 is 1.82 bits per heavy atom. The molecular weight excluding hydrogens is 202 g/mol. The van der Waals surface area contributed by atoms with Gasteiger partial charge in [-0.25, -0.2) is 0 Å². The van der Waals surface area contributed by atoms with Crippen LogP contribution in [0.1, 0.15) is 32.1 Å². The maximum absolute atomic E-state index is 3.68. The summed E-state index contributed by atoms with van der Waals surface area (Å²) in [5.41, 5.74) is 0. The second-order valence-corrected chi connectivity index (χ2v) is 5.11. The van der Waals surface area contributed by atoms with Crippen LogP contribution in [0, 0.1) is 0 Å². The summed E-state index contributed by atoms with van der Waals surface area (Å²) >= 11 is 3.68. The molecule has 0 aromatic rings. The molecule has 0 spiro atoms. The minimum absolute atomic E-state index is 0.781. The average Bonchev–Trinajstić information content (AvgIpc) is 2.55. The minimum Gasteiger partial charge on any atom is -0.299 e. The summed E-state index contributed by atoms with van der Waals surface area (Å²) in [7, 11) is 0. The van der Waals surface area contributed by atoms with E-state index in [1.807, 2.05) is 0 Å². The van der Waals surface area contributed by atoms with E-state index in [0.717, 1.165) is 10.9 Å². The first-order valence-corrected chi connectivity index (χ1v) is 5.66. The first kappa shape index (κ1) is 8.06. The van der Waals surface area contributed by atoms with Crippen molar-refractivity contribution >= 4 is 15.9 Å². The number of likely N-dealkylation sites (tertiary alicyclic amines) is 1. The van der Waals surface area contributed by atoms with Crippen LogP contribution in [0.4, 0.5) is 0 Å². The molecule has 64 valence electrons. The third-order valence-electron chi connectivity index (χ3n) is 3.00. The lowest BCUT2D eigenvalue weighted by atomic mass is 10.2. The van der Waals surface area contributed by atoms with Gasteiger partial charge < -0.3 is 0 Å². The van der Waals surface area contributed by atoms with Crippen LogP contribution in [0.2, 0.25) is 0 Å². The SMILES string of the molecule is BrC1CCN(C2CCCC2)C1. The monoisotopic (exact) mass is 217 g/mol. The number of hydrogen-bond donors (Lipinski definition) is 0. The molecule has 0 amide bonds. The van der Waals surface area contributed by atoms with Gasteiger partial charge in [0.05, 0.1) is 0 Å². The van der Waals surface area contributed by atoms with Crippen LogP contribution in [-0.2, 0) is 0 Å². The molecule has 0 aromatic carbocycles. The molecule has 2 rings (SSSR count). The number of alkyl halides is 1. The van der Waals surface area contributed by atoms with Crippen LogP contribution in [0.15, 0.2) is 0 Å². The van der Waals surface area contributed by atoms with E-state index < -0.39 is 0 Å². The summed E-state index contributed by atoms with van der Waals surface area (Å²) in [5, 5.41) is 0. The van der Waals surface area contributed by atoms with Gasteiger partial charge in [-0.2, -0.15) is 0 Å². The topological polar surface area (TPSA) is 3.24 Å². The lowest BCUT2D eigenvalue weighted by molar-refractivity contribution is 0.247. The second kappa shape index (κ2) is 3.44. The average molecular weight is 218 g/mol. The van der Waals surface area contributed by atoms with Crippen LogP contribution in [0.25, 0.3) is 0 Å². The molecule has 1 nitrogen and oxygen atoms in total. The van der Waals surface area contributed by atoms with Crippen LogP contribution in [0.5, 0.6) is 0 Å². The Bertz CT molecular complexity index is 132. The quantitative estimate of drug-likeness (QED) is 0.611. The fraction of sp³-hybridized carbons (Fsp3) is 1.00. The normalized spacial score (nSPS) is 35.2. The zero-order chi connectivity index (χ0) is 7.68. The predicted molar refractivity (Wildman–Crippen MR) is 51.2 cm³/mol. The molecule has 1 saturated heterocycles. The van der Waals surface area contributed by atoms with E-state index in [0.29, 0.717) is 0 Å². The maximum atomic E-state index is 3.68. The molecule has 1 aliphatic carbocycles. The van der Waals surface area contributed by atoms with Crippen molar-refractivity contribution in [1.29, 1.82) is 0 Å². The molecule has 1 atom stereocenters. The Morgan fingerprint density at radius 1 is 1.09 bits per heavy atom. The van der Waals surface area contributed by atoms with Gasteiger partial charge in [0.25, 0.3) is 0 Å². The second-order valence-electron chi connectivity index (χ2n) is 3.82. The van der Waals surface area contributed by atoms with Gasteiger partial charge in [0.15, 0.2) is 0 Å². The van der Waals surface area contributed by atoms with Crippen LogP contribution in [0.3, 0.4) is 0 Å². The molecule has 0 N–H and O–H groups in total. The first-order chi connectivity index (χ1) is 5.36. The van der Waals surface area contributed by atoms with Crippen molar-refractivity contribution < 1.29 is 0 Å². The van der Waals surface area contributed by atoms with Gasteiger partial charge in [-0.1, -0.05) is 28.8 Å². The highest BCUT2D eigenvalue weighted by Gasteiger charge is 2.28. The highest BCUT2D eigenvalue weighted by atomic mass is 79.9. The fourth-order valence-electron chi connectivity index (χ4n) is 2.34. The maximum Gasteiger partial charge on any atom is 0.0285 e. The lowest BCUT2D eigenvalue weighted by Crippen LogP contribution is -2.30. The third-order valence-corrected chi connectivity index (χ3v) is 3.75. The summed E-state index contributed by atoms with van der Waals surface area (Å²) in [6.07, 6.45) is 7.21. The Labute approximate surface area is 77.3 Å². The molecule has 0 radical (unpaired) electrons. The van der Waals surface area contributed by atoms with Crippen molar-refractivity contribution in [2.24, 2.45) is 0 Å². The van der Waals surface area contributed by atoms with Gasteiger partial charge in [-0.15, -0.1) is 0 Å². The third kappa shape index (κ3) is 1.78. The Balaban J connectivity index is 1.85. The van der Waals surface area contributed by atoms with E-state index in [-0.39, 0.29) is 0 Å². The van der Waals surface area contributed by atoms with E-state index in [9.17, 15) is 0 Å². The van der Waals surface area contributed by atoms with Gasteiger partial charge in [-0.3, -0.25) is 4.90 Å². The molecule has 0 aromatic heterocycles. The number of nitrogens with zero attached hydrogens (tertiary/aromatic N) is 1. The van der Waals surface area contributed by atoms with Crippen LogP contribution in [-0.4, -0.2) is 28.9 Å². The molecule has 1 heterocycles. The van der Waals surface area contributed by atoms with Gasteiger partial charge in [0.1, 0.15) is 0 Å². The molecule has 2 fully saturated rings. The van der Waals surface area contributed by atoms with Crippen molar-refractivity contribution in [2.45, 2.75) is 43.0 Å². The molecule has 1 saturated carbocycles. The molecular formula is C9H16BrN. The molecule has 0 bridgehead atoms. The largest absolute Gasteiger partial charge is 0.299 e. The zero-order valence-corrected chi connectivity index (χ0v) is 8.52. The molecule has 11 heavy (non-hydrogen) atoms. The van der Waals surface area contributed by atoms with Crippen LogP contribution >= 0.6 is 15.9 Å².